The van der Waals surface area contributed by atoms with E-state index in [0.717, 1.165) is 31.8 Å². The lowest BCUT2D eigenvalue weighted by molar-refractivity contribution is 0.111. The average molecular weight is 247 g/mol. The van der Waals surface area contributed by atoms with Crippen LogP contribution in [0.1, 0.15) is 43.2 Å². The third-order valence-electron chi connectivity index (χ3n) is 4.03. The second kappa shape index (κ2) is 6.91. The van der Waals surface area contributed by atoms with Crippen LogP contribution in [0.15, 0.2) is 24.3 Å². The Balaban J connectivity index is 1.88. The van der Waals surface area contributed by atoms with Gasteiger partial charge in [0.1, 0.15) is 0 Å². The van der Waals surface area contributed by atoms with Crippen molar-refractivity contribution in [2.45, 2.75) is 44.6 Å². The van der Waals surface area contributed by atoms with E-state index in [0.29, 0.717) is 6.10 Å². The number of methoxy groups -OCH3 is 1. The van der Waals surface area contributed by atoms with E-state index in [1.807, 2.05) is 0 Å². The van der Waals surface area contributed by atoms with E-state index in [2.05, 4.69) is 36.5 Å². The number of rotatable bonds is 5. The molecule has 2 heteroatoms. The highest BCUT2D eigenvalue weighted by atomic mass is 16.5. The minimum Gasteiger partial charge on any atom is -0.382 e. The summed E-state index contributed by atoms with van der Waals surface area (Å²) < 4.78 is 5.28. The molecule has 0 amide bonds. The van der Waals surface area contributed by atoms with Crippen molar-refractivity contribution < 1.29 is 4.74 Å². The molecule has 100 valence electrons. The number of hydrogen-bond donors (Lipinski definition) is 1. The Morgan fingerprint density at radius 1 is 1.22 bits per heavy atom. The van der Waals surface area contributed by atoms with E-state index >= 15 is 0 Å². The molecule has 1 saturated heterocycles. The van der Waals surface area contributed by atoms with E-state index in [4.69, 9.17) is 4.74 Å². The molecule has 0 spiro atoms. The molecule has 1 aliphatic rings. The summed E-state index contributed by atoms with van der Waals surface area (Å²) in [6.45, 7) is 4.46. The molecule has 0 radical (unpaired) electrons. The Morgan fingerprint density at radius 2 is 1.89 bits per heavy atom. The van der Waals surface area contributed by atoms with E-state index in [9.17, 15) is 0 Å². The normalized spacial score (nSPS) is 18.8. The molecule has 1 aromatic carbocycles. The molecule has 1 atom stereocenters. The van der Waals surface area contributed by atoms with Crippen molar-refractivity contribution in [3.8, 4) is 0 Å². The molecular formula is C16H25NO. The quantitative estimate of drug-likeness (QED) is 0.863. The Hall–Kier alpha value is -0.860. The van der Waals surface area contributed by atoms with E-state index in [-0.39, 0.29) is 0 Å². The summed E-state index contributed by atoms with van der Waals surface area (Å²) in [4.78, 5) is 0. The van der Waals surface area contributed by atoms with E-state index in [1.54, 1.807) is 7.11 Å². The summed E-state index contributed by atoms with van der Waals surface area (Å²) in [6.07, 6.45) is 5.12. The number of benzene rings is 1. The summed E-state index contributed by atoms with van der Waals surface area (Å²) in [7, 11) is 1.78. The standard InChI is InChI=1S/C16H25NO/c1-13(18-2)3-4-14-5-7-15(8-6-14)16-9-11-17-12-10-16/h5-8,13,16-17H,3-4,9-12H2,1-2H3. The zero-order valence-electron chi connectivity index (χ0n) is 11.6. The second-order valence-electron chi connectivity index (χ2n) is 5.35. The molecule has 1 aromatic rings. The largest absolute Gasteiger partial charge is 0.382 e. The number of ether oxygens (including phenoxy) is 1. The third kappa shape index (κ3) is 3.82. The van der Waals surface area contributed by atoms with Crippen LogP contribution in [0.4, 0.5) is 0 Å². The van der Waals surface area contributed by atoms with Crippen LogP contribution in [-0.4, -0.2) is 26.3 Å². The van der Waals surface area contributed by atoms with Crippen molar-refractivity contribution in [3.63, 3.8) is 0 Å². The van der Waals surface area contributed by atoms with Gasteiger partial charge >= 0.3 is 0 Å². The van der Waals surface area contributed by atoms with E-state index < -0.39 is 0 Å². The summed E-state index contributed by atoms with van der Waals surface area (Å²) in [5.41, 5.74) is 2.94. The van der Waals surface area contributed by atoms with Crippen molar-refractivity contribution in [1.29, 1.82) is 0 Å². The maximum absolute atomic E-state index is 5.28. The van der Waals surface area contributed by atoms with Crippen LogP contribution >= 0.6 is 0 Å². The fourth-order valence-electron chi connectivity index (χ4n) is 2.60. The molecule has 0 bridgehead atoms. The maximum atomic E-state index is 5.28. The van der Waals surface area contributed by atoms with Crippen molar-refractivity contribution in [3.05, 3.63) is 35.4 Å². The van der Waals surface area contributed by atoms with Crippen molar-refractivity contribution in [2.75, 3.05) is 20.2 Å². The fraction of sp³-hybridized carbons (Fsp3) is 0.625. The SMILES string of the molecule is COC(C)CCc1ccc(C2CCNCC2)cc1. The van der Waals surface area contributed by atoms with Crippen LogP contribution in [0.25, 0.3) is 0 Å². The Morgan fingerprint density at radius 3 is 2.50 bits per heavy atom. The molecule has 0 aliphatic carbocycles. The first-order valence-corrected chi connectivity index (χ1v) is 7.12. The van der Waals surface area contributed by atoms with Crippen LogP contribution in [0.5, 0.6) is 0 Å². The van der Waals surface area contributed by atoms with Crippen LogP contribution in [0, 0.1) is 0 Å². The highest BCUT2D eigenvalue weighted by molar-refractivity contribution is 5.26. The highest BCUT2D eigenvalue weighted by Crippen LogP contribution is 2.25. The predicted molar refractivity (Wildman–Crippen MR) is 76.1 cm³/mol. The lowest BCUT2D eigenvalue weighted by Gasteiger charge is -2.23. The molecule has 2 nitrogen and oxygen atoms in total. The summed E-state index contributed by atoms with van der Waals surface area (Å²) in [6, 6.07) is 9.23. The van der Waals surface area contributed by atoms with Gasteiger partial charge in [0.2, 0.25) is 0 Å². The van der Waals surface area contributed by atoms with Gasteiger partial charge in [-0.05, 0) is 62.7 Å². The van der Waals surface area contributed by atoms with Gasteiger partial charge in [-0.15, -0.1) is 0 Å². The lowest BCUT2D eigenvalue weighted by atomic mass is 9.89. The Labute approximate surface area is 111 Å². The summed E-state index contributed by atoms with van der Waals surface area (Å²) >= 11 is 0. The van der Waals surface area contributed by atoms with Gasteiger partial charge in [-0.1, -0.05) is 24.3 Å². The second-order valence-corrected chi connectivity index (χ2v) is 5.35. The van der Waals surface area contributed by atoms with Gasteiger partial charge < -0.3 is 10.1 Å². The number of nitrogens with one attached hydrogen (secondary N) is 1. The molecule has 0 saturated carbocycles. The van der Waals surface area contributed by atoms with Crippen molar-refractivity contribution >= 4 is 0 Å². The van der Waals surface area contributed by atoms with Crippen LogP contribution in [0.2, 0.25) is 0 Å². The first-order valence-electron chi connectivity index (χ1n) is 7.12. The smallest absolute Gasteiger partial charge is 0.0546 e. The van der Waals surface area contributed by atoms with Gasteiger partial charge in [0.05, 0.1) is 6.10 Å². The van der Waals surface area contributed by atoms with Crippen molar-refractivity contribution in [2.24, 2.45) is 0 Å². The molecule has 1 aliphatic heterocycles. The molecule has 0 aromatic heterocycles. The zero-order valence-corrected chi connectivity index (χ0v) is 11.6. The van der Waals surface area contributed by atoms with Gasteiger partial charge in [-0.25, -0.2) is 0 Å². The zero-order chi connectivity index (χ0) is 12.8. The highest BCUT2D eigenvalue weighted by Gasteiger charge is 2.14. The number of hydrogen-bond acceptors (Lipinski definition) is 2. The number of piperidine rings is 1. The van der Waals surface area contributed by atoms with Crippen LogP contribution in [0.3, 0.4) is 0 Å². The molecule has 18 heavy (non-hydrogen) atoms. The van der Waals surface area contributed by atoms with Gasteiger partial charge in [-0.3, -0.25) is 0 Å². The first-order chi connectivity index (χ1) is 8.79. The van der Waals surface area contributed by atoms with Gasteiger partial charge in [0.15, 0.2) is 0 Å². The van der Waals surface area contributed by atoms with Gasteiger partial charge in [0, 0.05) is 7.11 Å². The fourth-order valence-corrected chi connectivity index (χ4v) is 2.60. The predicted octanol–water partition coefficient (Wildman–Crippen LogP) is 3.12. The number of aryl methyl sites for hydroxylation is 1. The van der Waals surface area contributed by atoms with Crippen LogP contribution in [-0.2, 0) is 11.2 Å². The first kappa shape index (κ1) is 13.6. The van der Waals surface area contributed by atoms with Gasteiger partial charge in [0.25, 0.3) is 0 Å². The monoisotopic (exact) mass is 247 g/mol. The minimum atomic E-state index is 0.356. The molecule has 1 fully saturated rings. The van der Waals surface area contributed by atoms with Crippen LogP contribution < -0.4 is 5.32 Å². The lowest BCUT2D eigenvalue weighted by Crippen LogP contribution is -2.26. The Kier molecular flexibility index (Phi) is 5.21. The average Bonchev–Trinajstić information content (AvgIpc) is 2.46. The summed E-state index contributed by atoms with van der Waals surface area (Å²) in [5, 5.41) is 3.42. The Bertz CT molecular complexity index is 341. The topological polar surface area (TPSA) is 21.3 Å². The molecule has 1 N–H and O–H groups in total. The molecule has 1 heterocycles. The maximum Gasteiger partial charge on any atom is 0.0546 e. The minimum absolute atomic E-state index is 0.356. The molecule has 1 unspecified atom stereocenters. The van der Waals surface area contributed by atoms with Gasteiger partial charge in [-0.2, -0.15) is 0 Å². The third-order valence-corrected chi connectivity index (χ3v) is 4.03. The van der Waals surface area contributed by atoms with Crippen molar-refractivity contribution in [1.82, 2.24) is 5.32 Å². The molecular weight excluding hydrogens is 222 g/mol. The molecule has 2 rings (SSSR count). The summed E-state index contributed by atoms with van der Waals surface area (Å²) in [5.74, 6) is 0.762. The van der Waals surface area contributed by atoms with E-state index in [1.165, 1.54) is 24.0 Å².